The lowest BCUT2D eigenvalue weighted by Gasteiger charge is -1.85. The fourth-order valence-corrected chi connectivity index (χ4v) is 0. The summed E-state index contributed by atoms with van der Waals surface area (Å²) in [6.45, 7) is 0.910. The number of hydrogen-bond donors (Lipinski definition) is 1. The second-order valence-electron chi connectivity index (χ2n) is 0.880. The predicted molar refractivity (Wildman–Crippen MR) is 16.4 cm³/mol. The van der Waals surface area contributed by atoms with Crippen molar-refractivity contribution in [3.63, 3.8) is 0 Å². The molecule has 0 atom stereocenters. The lowest BCUT2D eigenvalue weighted by atomic mass is 10.5. The second-order valence-corrected chi connectivity index (χ2v) is 0.880. The van der Waals surface area contributed by atoms with Crippen LogP contribution >= 0.6 is 0 Å². The molecule has 0 aromatic rings. The van der Waals surface area contributed by atoms with Gasteiger partial charge in [-0.1, -0.05) is 0 Å². The van der Waals surface area contributed by atoms with Crippen molar-refractivity contribution in [3.8, 4) is 0 Å². The van der Waals surface area contributed by atoms with Crippen molar-refractivity contribution in [1.82, 2.24) is 0 Å². The van der Waals surface area contributed by atoms with Crippen LogP contribution in [0.5, 0.6) is 0 Å². The molecule has 0 aromatic carbocycles. The smallest absolute Gasteiger partial charge is 0.119 e. The fourth-order valence-electron chi connectivity index (χ4n) is 0. The highest BCUT2D eigenvalue weighted by Gasteiger charge is 1.87. The van der Waals surface area contributed by atoms with Crippen LogP contribution in [0.3, 0.4) is 0 Å². The summed E-state index contributed by atoms with van der Waals surface area (Å²) in [5.74, 6) is 0. The minimum absolute atomic E-state index is 0.0509. The molecule has 2 radical (unpaired) electrons. The van der Waals surface area contributed by atoms with E-state index >= 15 is 0 Å². The first-order chi connectivity index (χ1) is 2.27. The maximum atomic E-state index is 9.34. The first-order valence-electron chi connectivity index (χ1n) is 1.37. The van der Waals surface area contributed by atoms with Gasteiger partial charge in [0.05, 0.1) is 0 Å². The summed E-state index contributed by atoms with van der Waals surface area (Å²) in [7, 11) is 0. The Morgan fingerprint density at radius 2 is 2.20 bits per heavy atom. The minimum atomic E-state index is -0.472. The highest BCUT2D eigenvalue weighted by atomic mass is 16.3. The molecule has 0 fully saturated rings. The zero-order chi connectivity index (χ0) is 4.28. The van der Waals surface area contributed by atoms with Crippen LogP contribution in [0.15, 0.2) is 0 Å². The van der Waals surface area contributed by atoms with E-state index in [-0.39, 0.29) is 6.10 Å². The third-order valence-electron chi connectivity index (χ3n) is 0.209. The van der Waals surface area contributed by atoms with Crippen LogP contribution in [0, 0.1) is 6.10 Å². The van der Waals surface area contributed by atoms with Gasteiger partial charge in [0, 0.05) is 0 Å². The van der Waals surface area contributed by atoms with Crippen LogP contribution in [0.2, 0.25) is 0 Å². The summed E-state index contributed by atoms with van der Waals surface area (Å²) < 4.78 is 0. The molecular weight excluding hydrogens is 68.0 g/mol. The summed E-state index contributed by atoms with van der Waals surface area (Å²) in [6.07, 6.45) is -0.0509. The average molecular weight is 74.1 g/mol. The van der Waals surface area contributed by atoms with E-state index in [4.69, 9.17) is 5.11 Å². The zero-order valence-corrected chi connectivity index (χ0v) is 3.06. The SMILES string of the molecule is C[C](O)C[O]. The standard InChI is InChI=1S/C3H6O2/c1-3(5)2-4/h5H,2H2,1H3. The molecule has 5 heavy (non-hydrogen) atoms. The molecule has 0 bridgehead atoms. The molecule has 0 heterocycles. The topological polar surface area (TPSA) is 40.1 Å². The van der Waals surface area contributed by atoms with Gasteiger partial charge in [-0.05, 0) is 6.92 Å². The maximum absolute atomic E-state index is 9.34. The Morgan fingerprint density at radius 1 is 2.00 bits per heavy atom. The zero-order valence-electron chi connectivity index (χ0n) is 3.06. The van der Waals surface area contributed by atoms with Gasteiger partial charge in [-0.25, -0.2) is 5.11 Å². The molecule has 0 aromatic heterocycles. The lowest BCUT2D eigenvalue weighted by molar-refractivity contribution is 0.134. The van der Waals surface area contributed by atoms with Gasteiger partial charge in [0.1, 0.15) is 12.7 Å². The molecule has 0 saturated heterocycles. The lowest BCUT2D eigenvalue weighted by Crippen LogP contribution is -1.90. The Morgan fingerprint density at radius 3 is 2.20 bits per heavy atom. The summed E-state index contributed by atoms with van der Waals surface area (Å²) in [5.41, 5.74) is 0. The summed E-state index contributed by atoms with van der Waals surface area (Å²) in [4.78, 5) is 0. The van der Waals surface area contributed by atoms with Crippen LogP contribution in [-0.2, 0) is 5.11 Å². The first kappa shape index (κ1) is 4.92. The van der Waals surface area contributed by atoms with Crippen molar-refractivity contribution in [2.45, 2.75) is 6.92 Å². The molecule has 0 rings (SSSR count). The monoisotopic (exact) mass is 74.0 g/mol. The van der Waals surface area contributed by atoms with Gasteiger partial charge < -0.3 is 5.11 Å². The van der Waals surface area contributed by atoms with Crippen molar-refractivity contribution < 1.29 is 10.2 Å². The predicted octanol–water partition coefficient (Wildman–Crippen LogP) is 0.341. The molecule has 0 spiro atoms. The average Bonchev–Trinajstić information content (AvgIpc) is 1.38. The summed E-state index contributed by atoms with van der Waals surface area (Å²) in [6, 6.07) is 0. The van der Waals surface area contributed by atoms with Crippen molar-refractivity contribution in [2.24, 2.45) is 0 Å². The van der Waals surface area contributed by atoms with Crippen molar-refractivity contribution in [2.75, 3.05) is 6.61 Å². The molecular formula is C3H6O2. The van der Waals surface area contributed by atoms with Gasteiger partial charge >= 0.3 is 0 Å². The van der Waals surface area contributed by atoms with E-state index in [1.807, 2.05) is 0 Å². The maximum Gasteiger partial charge on any atom is 0.119 e. The van der Waals surface area contributed by atoms with Crippen LogP contribution in [-0.4, -0.2) is 11.7 Å². The quantitative estimate of drug-likeness (QED) is 0.478. The molecule has 0 unspecified atom stereocenters. The van der Waals surface area contributed by atoms with Crippen LogP contribution < -0.4 is 0 Å². The van der Waals surface area contributed by atoms with Crippen LogP contribution in [0.25, 0.3) is 0 Å². The normalized spacial score (nSPS) is 9.60. The minimum Gasteiger partial charge on any atom is -0.385 e. The number of aliphatic hydroxyl groups is 1. The molecule has 2 nitrogen and oxygen atoms in total. The summed E-state index contributed by atoms with van der Waals surface area (Å²) in [5, 5.41) is 17.3. The van der Waals surface area contributed by atoms with E-state index in [1.165, 1.54) is 6.92 Å². The Hall–Kier alpha value is -0.0800. The van der Waals surface area contributed by atoms with Gasteiger partial charge in [0.2, 0.25) is 0 Å². The van der Waals surface area contributed by atoms with Crippen molar-refractivity contribution in [3.05, 3.63) is 6.10 Å². The van der Waals surface area contributed by atoms with Crippen LogP contribution in [0.1, 0.15) is 6.92 Å². The number of hydrogen-bond acceptors (Lipinski definition) is 1. The highest BCUT2D eigenvalue weighted by Crippen LogP contribution is 1.82. The third-order valence-corrected chi connectivity index (χ3v) is 0.209. The van der Waals surface area contributed by atoms with E-state index in [2.05, 4.69) is 0 Å². The molecule has 0 saturated carbocycles. The van der Waals surface area contributed by atoms with E-state index in [0.29, 0.717) is 0 Å². The molecule has 0 aliphatic rings. The molecule has 2 heteroatoms. The molecule has 1 N–H and O–H groups in total. The van der Waals surface area contributed by atoms with Gasteiger partial charge in [-0.3, -0.25) is 0 Å². The molecule has 0 aliphatic carbocycles. The van der Waals surface area contributed by atoms with Crippen LogP contribution in [0.4, 0.5) is 0 Å². The third kappa shape index (κ3) is 3.92. The first-order valence-corrected chi connectivity index (χ1v) is 1.37. The molecule has 0 aliphatic heterocycles. The Balaban J connectivity index is 2.54. The fraction of sp³-hybridized carbons (Fsp3) is 0.667. The van der Waals surface area contributed by atoms with E-state index in [9.17, 15) is 5.11 Å². The van der Waals surface area contributed by atoms with Gasteiger partial charge in [0.15, 0.2) is 0 Å². The number of rotatable bonds is 1. The summed E-state index contributed by atoms with van der Waals surface area (Å²) >= 11 is 0. The van der Waals surface area contributed by atoms with Gasteiger partial charge in [0.25, 0.3) is 0 Å². The Labute approximate surface area is 31.1 Å². The second kappa shape index (κ2) is 2.18. The largest absolute Gasteiger partial charge is 0.385 e. The van der Waals surface area contributed by atoms with Gasteiger partial charge in [-0.15, -0.1) is 0 Å². The van der Waals surface area contributed by atoms with Gasteiger partial charge in [-0.2, -0.15) is 0 Å². The van der Waals surface area contributed by atoms with E-state index < -0.39 is 6.61 Å². The molecule has 30 valence electrons. The molecule has 0 amide bonds. The van der Waals surface area contributed by atoms with Crippen molar-refractivity contribution >= 4 is 0 Å². The van der Waals surface area contributed by atoms with Crippen molar-refractivity contribution in [1.29, 1.82) is 0 Å². The number of aliphatic hydroxyl groups excluding tert-OH is 1. The van der Waals surface area contributed by atoms with E-state index in [0.717, 1.165) is 0 Å². The highest BCUT2D eigenvalue weighted by molar-refractivity contribution is 4.61. The van der Waals surface area contributed by atoms with E-state index in [1.54, 1.807) is 0 Å². The Kier molecular flexibility index (Phi) is 2.14. The Bertz CT molecular complexity index is 18.9.